The number of H-pyrrole nitrogens is 2. The fraction of sp³-hybridized carbons (Fsp3) is 0.516. The van der Waals surface area contributed by atoms with Crippen molar-refractivity contribution in [3.8, 4) is 5.75 Å². The molecule has 1 fully saturated rings. The molecule has 0 aliphatic carbocycles. The fourth-order valence-corrected chi connectivity index (χ4v) is 10.4. The molecule has 2 aromatic carbocycles. The molecule has 2 aromatic heterocycles. The normalized spacial score (nSPS) is 16.1. The highest BCUT2D eigenvalue weighted by Crippen LogP contribution is 2.22. The Hall–Kier alpha value is -9.94. The van der Waals surface area contributed by atoms with E-state index in [-0.39, 0.29) is 82.1 Å². The standard InChI is InChI=1S/C62H90N18O13/c1-7-35(6)51(79-56(87)44(25-37-17-19-40(81)20-18-37)75-58(89)50(34(4)5)78-53(84)42(15-11-21-69-62(65)66)72-52(83)41(63)28-49(64)82)59(90)76-46(27-39-30-68-32-71-39)60(91)80-22-12-16-48(80)57(88)74-43(24-36-13-9-8-10-14-36)54(85)73-45(26-38-29-67-31-70-38)55(86)77-47(61(92)93)23-33(2)3/h8-10,13-14,17-20,29-35,41-48,50-51,81H,7,11-12,15-16,21-28,63H2,1-6H3,(H2,64,82)(H,67,70)(H,68,71)(H,72,83)(H,73,85)(H,74,88)(H,75,89)(H,76,90)(H,77,86)(H,78,84)(H,79,87)(H,92,93)(H4,65,66,69)/t35-,41-,42-,43-,44-,45-,46-,47-,48-,50-,51-/m0/s1. The zero-order valence-corrected chi connectivity index (χ0v) is 53.2. The summed E-state index contributed by atoms with van der Waals surface area (Å²) in [5, 5.41) is 41.7. The Labute approximate surface area is 538 Å². The number of amides is 10. The third kappa shape index (κ3) is 23.7. The van der Waals surface area contributed by atoms with Crippen LogP contribution in [0.4, 0.5) is 0 Å². The van der Waals surface area contributed by atoms with Crippen LogP contribution in [-0.4, -0.2) is 180 Å². The van der Waals surface area contributed by atoms with E-state index in [0.717, 1.165) is 0 Å². The molecule has 20 N–H and O–H groups in total. The average Bonchev–Trinajstić information content (AvgIpc) is 1.81. The fourth-order valence-electron chi connectivity index (χ4n) is 10.4. The number of carbonyl (C=O) groups excluding carboxylic acids is 10. The molecule has 5 rings (SSSR count). The molecule has 31 nitrogen and oxygen atoms in total. The Balaban J connectivity index is 1.40. The van der Waals surface area contributed by atoms with Crippen LogP contribution in [0.15, 0.2) is 84.6 Å². The molecule has 506 valence electrons. The molecule has 4 aromatic rings. The molecule has 1 aliphatic rings. The lowest BCUT2D eigenvalue weighted by Gasteiger charge is -2.32. The molecule has 1 aliphatic heterocycles. The van der Waals surface area contributed by atoms with Crippen LogP contribution < -0.4 is 65.5 Å². The third-order valence-electron chi connectivity index (χ3n) is 15.7. The van der Waals surface area contributed by atoms with Crippen LogP contribution in [0.2, 0.25) is 0 Å². The number of carboxylic acid groups (broad SMARTS) is 1. The number of rotatable bonds is 37. The number of nitrogens with two attached hydrogens (primary N) is 4. The van der Waals surface area contributed by atoms with Gasteiger partial charge in [0.2, 0.25) is 59.1 Å². The SMILES string of the molecule is CC[C@H](C)[C@H](NC(=O)[C@H](Cc1ccc(O)cc1)NC(=O)[C@@H](NC(=O)[C@H](CCCN=C(N)N)NC(=O)[C@@H](N)CC(N)=O)C(C)C)C(=O)N[C@@H](Cc1cnc[nH]1)C(=O)N1CCC[C@H]1C(=O)N[C@@H](Cc1ccccc1)C(=O)N[C@@H](Cc1cnc[nH]1)C(=O)N[C@@H](CC(C)C)C(=O)O. The van der Waals surface area contributed by atoms with Crippen molar-refractivity contribution in [1.82, 2.24) is 67.4 Å². The highest BCUT2D eigenvalue weighted by molar-refractivity contribution is 5.99. The number of aliphatic carboxylic acids is 1. The Morgan fingerprint density at radius 3 is 1.68 bits per heavy atom. The first-order chi connectivity index (χ1) is 44.1. The Bertz CT molecular complexity index is 3180. The molecule has 0 unspecified atom stereocenters. The van der Waals surface area contributed by atoms with Gasteiger partial charge in [-0.25, -0.2) is 14.8 Å². The van der Waals surface area contributed by atoms with Crippen molar-refractivity contribution in [3.63, 3.8) is 0 Å². The number of nitrogens with one attached hydrogen (secondary N) is 10. The van der Waals surface area contributed by atoms with Gasteiger partial charge in [-0.1, -0.05) is 90.4 Å². The number of imidazole rings is 2. The summed E-state index contributed by atoms with van der Waals surface area (Å²) >= 11 is 0. The van der Waals surface area contributed by atoms with Crippen molar-refractivity contribution >= 4 is 71.0 Å². The number of primary amides is 1. The topological polar surface area (TPSA) is 502 Å². The first-order valence-corrected chi connectivity index (χ1v) is 31.0. The van der Waals surface area contributed by atoms with Crippen molar-refractivity contribution in [2.45, 2.75) is 173 Å². The largest absolute Gasteiger partial charge is 0.508 e. The summed E-state index contributed by atoms with van der Waals surface area (Å²) < 4.78 is 0. The minimum atomic E-state index is -1.46. The van der Waals surface area contributed by atoms with Crippen LogP contribution in [0.1, 0.15) is 109 Å². The number of likely N-dealkylation sites (tertiary alicyclic amines) is 1. The van der Waals surface area contributed by atoms with Crippen molar-refractivity contribution in [1.29, 1.82) is 0 Å². The molecule has 0 saturated carbocycles. The number of aromatic nitrogens is 4. The second-order valence-electron chi connectivity index (χ2n) is 24.0. The summed E-state index contributed by atoms with van der Waals surface area (Å²) in [5.41, 5.74) is 24.0. The lowest BCUT2D eigenvalue weighted by Crippen LogP contribution is -2.62. The number of benzene rings is 2. The lowest BCUT2D eigenvalue weighted by atomic mass is 9.96. The van der Waals surface area contributed by atoms with E-state index in [9.17, 15) is 58.2 Å². The van der Waals surface area contributed by atoms with E-state index in [4.69, 9.17) is 22.9 Å². The van der Waals surface area contributed by atoms with Crippen LogP contribution in [0.3, 0.4) is 0 Å². The van der Waals surface area contributed by atoms with Gasteiger partial charge in [-0.15, -0.1) is 0 Å². The molecular formula is C62H90N18O13. The highest BCUT2D eigenvalue weighted by atomic mass is 16.4. The summed E-state index contributed by atoms with van der Waals surface area (Å²) in [7, 11) is 0. The molecule has 93 heavy (non-hydrogen) atoms. The molecule has 0 radical (unpaired) electrons. The summed E-state index contributed by atoms with van der Waals surface area (Å²) in [4.78, 5) is 172. The number of aromatic hydroxyl groups is 1. The van der Waals surface area contributed by atoms with Crippen molar-refractivity contribution in [2.75, 3.05) is 13.1 Å². The number of hydrogen-bond acceptors (Lipinski definition) is 16. The molecule has 0 spiro atoms. The molecule has 3 heterocycles. The van der Waals surface area contributed by atoms with Crippen LogP contribution in [0.5, 0.6) is 5.75 Å². The smallest absolute Gasteiger partial charge is 0.326 e. The second kappa shape index (κ2) is 36.2. The van der Waals surface area contributed by atoms with E-state index < -0.39 is 144 Å². The van der Waals surface area contributed by atoms with Crippen LogP contribution in [-0.2, 0) is 78.4 Å². The van der Waals surface area contributed by atoms with E-state index >= 15 is 4.79 Å². The van der Waals surface area contributed by atoms with Gasteiger partial charge in [-0.2, -0.15) is 0 Å². The van der Waals surface area contributed by atoms with Gasteiger partial charge in [0, 0.05) is 62.6 Å². The van der Waals surface area contributed by atoms with Crippen LogP contribution in [0, 0.1) is 17.8 Å². The minimum Gasteiger partial charge on any atom is -0.508 e. The van der Waals surface area contributed by atoms with Gasteiger partial charge in [0.05, 0.1) is 25.1 Å². The van der Waals surface area contributed by atoms with Crippen molar-refractivity contribution < 1.29 is 63.0 Å². The maximum absolute atomic E-state index is 15.1. The number of carboxylic acids is 1. The predicted molar refractivity (Wildman–Crippen MR) is 340 cm³/mol. The Morgan fingerprint density at radius 2 is 1.13 bits per heavy atom. The van der Waals surface area contributed by atoms with Crippen molar-refractivity contribution in [2.24, 2.45) is 45.7 Å². The zero-order valence-electron chi connectivity index (χ0n) is 53.2. The average molecular weight is 1300 g/mol. The van der Waals surface area contributed by atoms with E-state index in [1.165, 1.54) is 54.2 Å². The summed E-state index contributed by atoms with van der Waals surface area (Å²) in [5.74, 6) is -11.0. The van der Waals surface area contributed by atoms with E-state index in [1.807, 2.05) is 0 Å². The summed E-state index contributed by atoms with van der Waals surface area (Å²) in [6.45, 7) is 10.4. The summed E-state index contributed by atoms with van der Waals surface area (Å²) in [6, 6.07) is 1.07. The van der Waals surface area contributed by atoms with Gasteiger partial charge in [0.15, 0.2) is 5.96 Å². The lowest BCUT2D eigenvalue weighted by molar-refractivity contribution is -0.143. The van der Waals surface area contributed by atoms with Gasteiger partial charge in [0.25, 0.3) is 0 Å². The molecule has 0 bridgehead atoms. The monoisotopic (exact) mass is 1290 g/mol. The van der Waals surface area contributed by atoms with Crippen LogP contribution in [0.25, 0.3) is 0 Å². The van der Waals surface area contributed by atoms with Gasteiger partial charge < -0.3 is 90.5 Å². The zero-order chi connectivity index (χ0) is 68.5. The molecule has 1 saturated heterocycles. The number of hydrogen-bond donors (Lipinski definition) is 16. The third-order valence-corrected chi connectivity index (χ3v) is 15.7. The van der Waals surface area contributed by atoms with E-state index in [1.54, 1.807) is 71.9 Å². The van der Waals surface area contributed by atoms with Gasteiger partial charge in [-0.3, -0.25) is 52.9 Å². The van der Waals surface area contributed by atoms with Gasteiger partial charge in [0.1, 0.15) is 60.1 Å². The molecule has 10 amide bonds. The Kier molecular flexibility index (Phi) is 28.7. The van der Waals surface area contributed by atoms with E-state index in [2.05, 4.69) is 67.5 Å². The number of guanidine groups is 1. The predicted octanol–water partition coefficient (Wildman–Crippen LogP) is -1.93. The number of nitrogens with zero attached hydrogens (tertiary/aromatic N) is 4. The van der Waals surface area contributed by atoms with Gasteiger partial charge in [-0.05, 0) is 73.1 Å². The number of phenols is 1. The van der Waals surface area contributed by atoms with Gasteiger partial charge >= 0.3 is 5.97 Å². The van der Waals surface area contributed by atoms with Crippen molar-refractivity contribution in [3.05, 3.63) is 102 Å². The highest BCUT2D eigenvalue weighted by Gasteiger charge is 2.42. The van der Waals surface area contributed by atoms with E-state index in [0.29, 0.717) is 35.4 Å². The number of aliphatic imine (C=N–C) groups is 1. The summed E-state index contributed by atoms with van der Waals surface area (Å²) in [6.07, 6.45) is 5.58. The molecular weight excluding hydrogens is 1200 g/mol. The maximum Gasteiger partial charge on any atom is 0.326 e. The molecule has 31 heteroatoms. The first kappa shape index (κ1) is 73.8. The van der Waals surface area contributed by atoms with Crippen LogP contribution >= 0.6 is 0 Å². The number of phenolic OH excluding ortho intramolecular Hbond substituents is 1. The maximum atomic E-state index is 15.1. The quantitative estimate of drug-likeness (QED) is 0.0133. The minimum absolute atomic E-state index is 0.0501. The number of carbonyl (C=O) groups is 11. The second-order valence-corrected chi connectivity index (χ2v) is 24.0. The number of aromatic amines is 2. The Morgan fingerprint density at radius 1 is 0.624 bits per heavy atom. The first-order valence-electron chi connectivity index (χ1n) is 31.0. The molecule has 11 atom stereocenters.